The second kappa shape index (κ2) is 11.8. The van der Waals surface area contributed by atoms with Crippen LogP contribution >= 0.6 is 15.9 Å². The van der Waals surface area contributed by atoms with Crippen LogP contribution in [0.4, 0.5) is 0 Å². The summed E-state index contributed by atoms with van der Waals surface area (Å²) in [4.78, 5) is 12.7. The largest absolute Gasteiger partial charge is 0.489 e. The summed E-state index contributed by atoms with van der Waals surface area (Å²) >= 11 is 3.51. The van der Waals surface area contributed by atoms with E-state index in [1.807, 2.05) is 84.9 Å². The molecular weight excluding hydrogens is 492 g/mol. The number of benzene rings is 4. The predicted molar refractivity (Wildman–Crippen MR) is 137 cm³/mol. The second-order valence-electron chi connectivity index (χ2n) is 7.43. The highest BCUT2D eigenvalue weighted by Crippen LogP contribution is 2.22. The Labute approximate surface area is 207 Å². The number of carbonyl (C=O) groups is 1. The molecule has 1 amide bonds. The van der Waals surface area contributed by atoms with E-state index in [2.05, 4.69) is 26.5 Å². The number of nitrogens with zero attached hydrogens (tertiary/aromatic N) is 1. The number of rotatable bonds is 9. The van der Waals surface area contributed by atoms with Crippen LogP contribution in [0.15, 0.2) is 113 Å². The average molecular weight is 515 g/mol. The number of amides is 1. The summed E-state index contributed by atoms with van der Waals surface area (Å²) in [6, 6.07) is 32.5. The van der Waals surface area contributed by atoms with Gasteiger partial charge in [-0.05, 0) is 41.5 Å². The second-order valence-corrected chi connectivity index (χ2v) is 8.28. The van der Waals surface area contributed by atoms with Crippen LogP contribution in [0.2, 0.25) is 0 Å². The van der Waals surface area contributed by atoms with E-state index >= 15 is 0 Å². The van der Waals surface area contributed by atoms with Crippen LogP contribution in [0.3, 0.4) is 0 Å². The van der Waals surface area contributed by atoms with E-state index in [1.54, 1.807) is 24.4 Å². The summed E-state index contributed by atoms with van der Waals surface area (Å²) in [5.41, 5.74) is 5.88. The lowest BCUT2D eigenvalue weighted by molar-refractivity contribution is 0.0950. The zero-order chi connectivity index (χ0) is 23.6. The molecule has 0 aliphatic rings. The predicted octanol–water partition coefficient (Wildman–Crippen LogP) is 6.37. The van der Waals surface area contributed by atoms with Crippen LogP contribution in [-0.4, -0.2) is 12.1 Å². The SMILES string of the molecule is O=C(N/N=C/c1cc(OCc2ccccc2)ccc1Br)c1ccccc1OCc1ccccc1. The monoisotopic (exact) mass is 514 g/mol. The minimum Gasteiger partial charge on any atom is -0.489 e. The van der Waals surface area contributed by atoms with Crippen molar-refractivity contribution in [2.24, 2.45) is 5.10 Å². The van der Waals surface area contributed by atoms with Crippen LogP contribution in [0.25, 0.3) is 0 Å². The fraction of sp³-hybridized carbons (Fsp3) is 0.0714. The van der Waals surface area contributed by atoms with Gasteiger partial charge in [-0.1, -0.05) is 88.7 Å². The molecule has 4 aromatic rings. The maximum Gasteiger partial charge on any atom is 0.275 e. The number of hydrogen-bond donors (Lipinski definition) is 1. The molecular formula is C28H23BrN2O3. The molecule has 5 nitrogen and oxygen atoms in total. The Hall–Kier alpha value is -3.90. The average Bonchev–Trinajstić information content (AvgIpc) is 2.89. The molecule has 0 atom stereocenters. The van der Waals surface area contributed by atoms with Crippen molar-refractivity contribution in [2.75, 3.05) is 0 Å². The maximum absolute atomic E-state index is 12.7. The molecule has 0 aliphatic carbocycles. The zero-order valence-electron chi connectivity index (χ0n) is 18.4. The molecule has 4 rings (SSSR count). The first-order valence-electron chi connectivity index (χ1n) is 10.7. The molecule has 0 aromatic heterocycles. The number of hydrazone groups is 1. The molecule has 0 saturated heterocycles. The Morgan fingerprint density at radius 1 is 0.794 bits per heavy atom. The molecule has 4 aromatic carbocycles. The number of halogens is 1. The fourth-order valence-corrected chi connectivity index (χ4v) is 3.54. The van der Waals surface area contributed by atoms with Gasteiger partial charge in [-0.2, -0.15) is 5.10 Å². The molecule has 0 radical (unpaired) electrons. The van der Waals surface area contributed by atoms with Gasteiger partial charge >= 0.3 is 0 Å². The number of hydrogen-bond acceptors (Lipinski definition) is 4. The Balaban J connectivity index is 1.38. The van der Waals surface area contributed by atoms with Crippen LogP contribution in [0.5, 0.6) is 11.5 Å². The van der Waals surface area contributed by atoms with E-state index < -0.39 is 0 Å². The molecule has 0 fully saturated rings. The van der Waals surface area contributed by atoms with E-state index in [9.17, 15) is 4.79 Å². The van der Waals surface area contributed by atoms with Gasteiger partial charge in [0, 0.05) is 10.0 Å². The van der Waals surface area contributed by atoms with Gasteiger partial charge in [0.15, 0.2) is 0 Å². The molecule has 1 N–H and O–H groups in total. The van der Waals surface area contributed by atoms with E-state index in [-0.39, 0.29) is 5.91 Å². The molecule has 0 saturated carbocycles. The molecule has 0 aliphatic heterocycles. The standard InChI is InChI=1S/C28H23BrN2O3/c29-26-16-15-24(33-19-21-9-3-1-4-10-21)17-23(26)18-30-31-28(32)25-13-7-8-14-27(25)34-20-22-11-5-2-6-12-22/h1-18H,19-20H2,(H,31,32)/b30-18+. The molecule has 0 bridgehead atoms. The number of ether oxygens (including phenoxy) is 2. The van der Waals surface area contributed by atoms with Crippen molar-refractivity contribution in [3.8, 4) is 11.5 Å². The van der Waals surface area contributed by atoms with Gasteiger partial charge in [-0.3, -0.25) is 4.79 Å². The summed E-state index contributed by atoms with van der Waals surface area (Å²) in [7, 11) is 0. The van der Waals surface area contributed by atoms with Gasteiger partial charge in [0.25, 0.3) is 5.91 Å². The van der Waals surface area contributed by atoms with Crippen LogP contribution in [0, 0.1) is 0 Å². The smallest absolute Gasteiger partial charge is 0.275 e. The quantitative estimate of drug-likeness (QED) is 0.208. The van der Waals surface area contributed by atoms with Crippen LogP contribution in [-0.2, 0) is 13.2 Å². The van der Waals surface area contributed by atoms with Crippen molar-refractivity contribution >= 4 is 28.1 Å². The van der Waals surface area contributed by atoms with Gasteiger partial charge in [0.05, 0.1) is 11.8 Å². The Kier molecular flexibility index (Phi) is 8.08. The molecule has 0 unspecified atom stereocenters. The number of para-hydroxylation sites is 1. The highest BCUT2D eigenvalue weighted by Gasteiger charge is 2.11. The summed E-state index contributed by atoms with van der Waals surface area (Å²) in [5.74, 6) is 0.851. The van der Waals surface area contributed by atoms with Gasteiger partial charge in [-0.15, -0.1) is 0 Å². The van der Waals surface area contributed by atoms with Crippen molar-refractivity contribution in [1.82, 2.24) is 5.43 Å². The first-order valence-corrected chi connectivity index (χ1v) is 11.5. The molecule has 170 valence electrons. The number of carbonyl (C=O) groups excluding carboxylic acids is 1. The van der Waals surface area contributed by atoms with E-state index in [0.29, 0.717) is 30.3 Å². The summed E-state index contributed by atoms with van der Waals surface area (Å²) in [6.07, 6.45) is 1.57. The molecule has 34 heavy (non-hydrogen) atoms. The van der Waals surface area contributed by atoms with Gasteiger partial charge in [-0.25, -0.2) is 5.43 Å². The maximum atomic E-state index is 12.7. The lowest BCUT2D eigenvalue weighted by Gasteiger charge is -2.10. The minimum absolute atomic E-state index is 0.354. The zero-order valence-corrected chi connectivity index (χ0v) is 19.9. The third kappa shape index (κ3) is 6.56. The van der Waals surface area contributed by atoms with Crippen molar-refractivity contribution in [1.29, 1.82) is 0 Å². The minimum atomic E-state index is -0.354. The Morgan fingerprint density at radius 2 is 1.41 bits per heavy atom. The van der Waals surface area contributed by atoms with E-state index in [1.165, 1.54) is 0 Å². The molecule has 0 heterocycles. The normalized spacial score (nSPS) is 10.7. The molecule has 6 heteroatoms. The van der Waals surface area contributed by atoms with Crippen molar-refractivity contribution in [2.45, 2.75) is 13.2 Å². The van der Waals surface area contributed by atoms with E-state index in [0.717, 1.165) is 21.2 Å². The summed E-state index contributed by atoms with van der Waals surface area (Å²) < 4.78 is 12.6. The Morgan fingerprint density at radius 3 is 2.12 bits per heavy atom. The van der Waals surface area contributed by atoms with Crippen molar-refractivity contribution in [3.05, 3.63) is 130 Å². The Bertz CT molecular complexity index is 1260. The molecule has 0 spiro atoms. The van der Waals surface area contributed by atoms with Crippen LogP contribution in [0.1, 0.15) is 27.0 Å². The summed E-state index contributed by atoms with van der Waals surface area (Å²) in [6.45, 7) is 0.840. The summed E-state index contributed by atoms with van der Waals surface area (Å²) in [5, 5.41) is 4.13. The third-order valence-corrected chi connectivity index (χ3v) is 5.68. The highest BCUT2D eigenvalue weighted by atomic mass is 79.9. The topological polar surface area (TPSA) is 59.9 Å². The first-order chi connectivity index (χ1) is 16.7. The van der Waals surface area contributed by atoms with Crippen molar-refractivity contribution in [3.63, 3.8) is 0 Å². The third-order valence-electron chi connectivity index (χ3n) is 4.95. The fourth-order valence-electron chi connectivity index (χ4n) is 3.19. The first kappa shape index (κ1) is 23.3. The highest BCUT2D eigenvalue weighted by molar-refractivity contribution is 9.10. The van der Waals surface area contributed by atoms with Gasteiger partial charge < -0.3 is 9.47 Å². The number of nitrogens with one attached hydrogen (secondary N) is 1. The van der Waals surface area contributed by atoms with E-state index in [4.69, 9.17) is 9.47 Å². The van der Waals surface area contributed by atoms with Crippen LogP contribution < -0.4 is 14.9 Å². The lowest BCUT2D eigenvalue weighted by atomic mass is 10.2. The lowest BCUT2D eigenvalue weighted by Crippen LogP contribution is -2.18. The van der Waals surface area contributed by atoms with Crippen molar-refractivity contribution < 1.29 is 14.3 Å². The van der Waals surface area contributed by atoms with Gasteiger partial charge in [0.2, 0.25) is 0 Å². The van der Waals surface area contributed by atoms with Gasteiger partial charge in [0.1, 0.15) is 24.7 Å².